The maximum absolute atomic E-state index is 13.1. The molecule has 3 aromatic rings. The summed E-state index contributed by atoms with van der Waals surface area (Å²) in [4.78, 5) is 22.1. The van der Waals surface area contributed by atoms with Crippen LogP contribution >= 0.6 is 0 Å². The highest BCUT2D eigenvalue weighted by Gasteiger charge is 2.26. The normalized spacial score (nSPS) is 18.0. The molecule has 1 aliphatic heterocycles. The number of aryl methyl sites for hydroxylation is 1. The van der Waals surface area contributed by atoms with Crippen LogP contribution in [0.15, 0.2) is 36.8 Å². The highest BCUT2D eigenvalue weighted by Crippen LogP contribution is 2.25. The number of aromatic nitrogens is 4. The average Bonchev–Trinajstić information content (AvgIpc) is 2.62. The highest BCUT2D eigenvalue weighted by molar-refractivity contribution is 5.85. The second-order valence-electron chi connectivity index (χ2n) is 6.34. The van der Waals surface area contributed by atoms with Crippen LogP contribution in [0.3, 0.4) is 0 Å². The van der Waals surface area contributed by atoms with Crippen molar-refractivity contribution in [3.63, 3.8) is 0 Å². The van der Waals surface area contributed by atoms with E-state index in [1.54, 1.807) is 12.4 Å². The summed E-state index contributed by atoms with van der Waals surface area (Å²) in [6, 6.07) is 7.34. The van der Waals surface area contributed by atoms with E-state index < -0.39 is 0 Å². The van der Waals surface area contributed by atoms with Crippen LogP contribution in [-0.4, -0.2) is 45.6 Å². The predicted octanol–water partition coefficient (Wildman–Crippen LogP) is 2.58. The number of rotatable bonds is 2. The standard InChI is InChI=1S/C18H19FN6/c1-12-3-5-15-17(23-12)18(22-11-21-15)24-7-8-25(13(2)10-24)16-6-4-14(19)9-20-16/h3-6,9,11,13H,7-8,10H2,1-2H3. The maximum Gasteiger partial charge on any atom is 0.158 e. The molecule has 0 bridgehead atoms. The van der Waals surface area contributed by atoms with E-state index in [2.05, 4.69) is 36.7 Å². The summed E-state index contributed by atoms with van der Waals surface area (Å²) in [5.74, 6) is 1.35. The molecule has 4 heterocycles. The molecule has 0 radical (unpaired) electrons. The molecule has 0 aliphatic carbocycles. The van der Waals surface area contributed by atoms with Crippen LogP contribution in [0.4, 0.5) is 16.0 Å². The van der Waals surface area contributed by atoms with E-state index in [0.29, 0.717) is 0 Å². The van der Waals surface area contributed by atoms with Crippen LogP contribution in [0.1, 0.15) is 12.6 Å². The molecular formula is C18H19FN6. The van der Waals surface area contributed by atoms with Gasteiger partial charge in [-0.15, -0.1) is 0 Å². The second kappa shape index (κ2) is 6.23. The average molecular weight is 338 g/mol. The Bertz CT molecular complexity index is 898. The van der Waals surface area contributed by atoms with Gasteiger partial charge in [0, 0.05) is 31.4 Å². The van der Waals surface area contributed by atoms with E-state index in [-0.39, 0.29) is 11.9 Å². The van der Waals surface area contributed by atoms with Gasteiger partial charge in [-0.1, -0.05) is 0 Å². The van der Waals surface area contributed by atoms with Crippen molar-refractivity contribution in [2.24, 2.45) is 0 Å². The van der Waals surface area contributed by atoms with Crippen molar-refractivity contribution in [3.05, 3.63) is 48.3 Å². The van der Waals surface area contributed by atoms with Crippen molar-refractivity contribution in [1.29, 1.82) is 0 Å². The van der Waals surface area contributed by atoms with Crippen LogP contribution in [0.5, 0.6) is 0 Å². The van der Waals surface area contributed by atoms with Gasteiger partial charge < -0.3 is 9.80 Å². The second-order valence-corrected chi connectivity index (χ2v) is 6.34. The summed E-state index contributed by atoms with van der Waals surface area (Å²) in [7, 11) is 0. The molecular weight excluding hydrogens is 319 g/mol. The van der Waals surface area contributed by atoms with Gasteiger partial charge in [0.2, 0.25) is 0 Å². The Labute approximate surface area is 145 Å². The molecule has 1 aliphatic rings. The molecule has 0 amide bonds. The maximum atomic E-state index is 13.1. The molecule has 25 heavy (non-hydrogen) atoms. The monoisotopic (exact) mass is 338 g/mol. The van der Waals surface area contributed by atoms with E-state index in [0.717, 1.165) is 48.0 Å². The third-order valence-corrected chi connectivity index (χ3v) is 4.53. The lowest BCUT2D eigenvalue weighted by Crippen LogP contribution is -2.52. The van der Waals surface area contributed by atoms with Gasteiger partial charge in [-0.2, -0.15) is 0 Å². The largest absolute Gasteiger partial charge is 0.351 e. The van der Waals surface area contributed by atoms with Crippen molar-refractivity contribution in [3.8, 4) is 0 Å². The zero-order chi connectivity index (χ0) is 17.4. The summed E-state index contributed by atoms with van der Waals surface area (Å²) >= 11 is 0. The van der Waals surface area contributed by atoms with E-state index in [1.165, 1.54) is 12.3 Å². The van der Waals surface area contributed by atoms with Crippen molar-refractivity contribution in [2.45, 2.75) is 19.9 Å². The Morgan fingerprint density at radius 1 is 1.08 bits per heavy atom. The fourth-order valence-corrected chi connectivity index (χ4v) is 3.28. The SMILES string of the molecule is Cc1ccc2ncnc(N3CCN(c4ccc(F)cn4)C(C)C3)c2n1. The zero-order valence-corrected chi connectivity index (χ0v) is 14.2. The lowest BCUT2D eigenvalue weighted by atomic mass is 10.1. The Morgan fingerprint density at radius 2 is 1.96 bits per heavy atom. The first-order chi connectivity index (χ1) is 12.1. The van der Waals surface area contributed by atoms with E-state index >= 15 is 0 Å². The minimum absolute atomic E-state index is 0.224. The summed E-state index contributed by atoms with van der Waals surface area (Å²) in [5.41, 5.74) is 2.64. The molecule has 4 rings (SSSR count). The zero-order valence-electron chi connectivity index (χ0n) is 14.2. The minimum Gasteiger partial charge on any atom is -0.351 e. The van der Waals surface area contributed by atoms with E-state index in [9.17, 15) is 4.39 Å². The summed E-state index contributed by atoms with van der Waals surface area (Å²) in [5, 5.41) is 0. The minimum atomic E-state index is -0.316. The molecule has 1 atom stereocenters. The lowest BCUT2D eigenvalue weighted by Gasteiger charge is -2.41. The summed E-state index contributed by atoms with van der Waals surface area (Å²) < 4.78 is 13.1. The molecule has 6 nitrogen and oxygen atoms in total. The van der Waals surface area contributed by atoms with E-state index in [1.807, 2.05) is 19.1 Å². The predicted molar refractivity (Wildman–Crippen MR) is 95.3 cm³/mol. The third-order valence-electron chi connectivity index (χ3n) is 4.53. The number of pyridine rings is 2. The number of piperazine rings is 1. The molecule has 0 aromatic carbocycles. The smallest absolute Gasteiger partial charge is 0.158 e. The number of nitrogens with zero attached hydrogens (tertiary/aromatic N) is 6. The lowest BCUT2D eigenvalue weighted by molar-refractivity contribution is 0.541. The topological polar surface area (TPSA) is 58.0 Å². The summed E-state index contributed by atoms with van der Waals surface area (Å²) in [6.45, 7) is 6.49. The third kappa shape index (κ3) is 2.97. The van der Waals surface area contributed by atoms with Gasteiger partial charge >= 0.3 is 0 Å². The first kappa shape index (κ1) is 15.7. The molecule has 7 heteroatoms. The highest BCUT2D eigenvalue weighted by atomic mass is 19.1. The van der Waals surface area contributed by atoms with Crippen molar-refractivity contribution in [2.75, 3.05) is 29.4 Å². The van der Waals surface area contributed by atoms with Crippen LogP contribution in [0, 0.1) is 12.7 Å². The molecule has 1 unspecified atom stereocenters. The number of anilines is 2. The molecule has 3 aromatic heterocycles. The molecule has 1 saturated heterocycles. The van der Waals surface area contributed by atoms with Gasteiger partial charge in [0.15, 0.2) is 5.82 Å². The summed E-state index contributed by atoms with van der Waals surface area (Å²) in [6.07, 6.45) is 2.85. The molecule has 1 fully saturated rings. The molecule has 128 valence electrons. The first-order valence-corrected chi connectivity index (χ1v) is 8.33. The Hall–Kier alpha value is -2.83. The van der Waals surface area contributed by atoms with E-state index in [4.69, 9.17) is 0 Å². The number of hydrogen-bond donors (Lipinski definition) is 0. The first-order valence-electron chi connectivity index (χ1n) is 8.33. The van der Waals surface area contributed by atoms with Gasteiger partial charge in [-0.3, -0.25) is 0 Å². The Morgan fingerprint density at radius 3 is 2.72 bits per heavy atom. The van der Waals surface area contributed by atoms with Crippen molar-refractivity contribution >= 4 is 22.7 Å². The van der Waals surface area contributed by atoms with Crippen LogP contribution in [0.2, 0.25) is 0 Å². The Kier molecular flexibility index (Phi) is 3.91. The molecule has 0 saturated carbocycles. The quantitative estimate of drug-likeness (QED) is 0.716. The Balaban J connectivity index is 1.61. The van der Waals surface area contributed by atoms with Gasteiger partial charge in [0.25, 0.3) is 0 Å². The van der Waals surface area contributed by atoms with Gasteiger partial charge in [-0.05, 0) is 38.1 Å². The number of hydrogen-bond acceptors (Lipinski definition) is 6. The number of halogens is 1. The number of fused-ring (bicyclic) bond motifs is 1. The van der Waals surface area contributed by atoms with Crippen LogP contribution < -0.4 is 9.80 Å². The fraction of sp³-hybridized carbons (Fsp3) is 0.333. The fourth-order valence-electron chi connectivity index (χ4n) is 3.28. The molecule has 0 spiro atoms. The van der Waals surface area contributed by atoms with Gasteiger partial charge in [0.05, 0.1) is 11.7 Å². The van der Waals surface area contributed by atoms with Crippen LogP contribution in [-0.2, 0) is 0 Å². The van der Waals surface area contributed by atoms with Gasteiger partial charge in [0.1, 0.15) is 23.5 Å². The van der Waals surface area contributed by atoms with Crippen LogP contribution in [0.25, 0.3) is 11.0 Å². The molecule has 0 N–H and O–H groups in total. The van der Waals surface area contributed by atoms with Gasteiger partial charge in [-0.25, -0.2) is 24.3 Å². The van der Waals surface area contributed by atoms with Crippen molar-refractivity contribution in [1.82, 2.24) is 19.9 Å². The van der Waals surface area contributed by atoms with Crippen molar-refractivity contribution < 1.29 is 4.39 Å².